The van der Waals surface area contributed by atoms with Crippen molar-refractivity contribution in [3.05, 3.63) is 46.1 Å². The first kappa shape index (κ1) is 20.2. The Hall–Kier alpha value is -1.56. The lowest BCUT2D eigenvalue weighted by molar-refractivity contribution is -0.0503. The summed E-state index contributed by atoms with van der Waals surface area (Å²) in [6.07, 6.45) is 1.30. The zero-order valence-electron chi connectivity index (χ0n) is 13.7. The van der Waals surface area contributed by atoms with Gasteiger partial charge in [-0.2, -0.15) is 26.6 Å². The summed E-state index contributed by atoms with van der Waals surface area (Å²) in [5.41, 5.74) is -4.47. The van der Waals surface area contributed by atoms with Gasteiger partial charge in [-0.15, -0.1) is 0 Å². The molecule has 2 heterocycles. The van der Waals surface area contributed by atoms with Gasteiger partial charge in [-0.1, -0.05) is 41.6 Å². The van der Waals surface area contributed by atoms with E-state index in [2.05, 4.69) is 14.2 Å². The number of ether oxygens (including phenoxy) is 1. The lowest BCUT2D eigenvalue weighted by Gasteiger charge is -2.26. The first-order valence-corrected chi connectivity index (χ1v) is 10.4. The van der Waals surface area contributed by atoms with Crippen LogP contribution in [0.15, 0.2) is 29.4 Å². The van der Waals surface area contributed by atoms with Crippen LogP contribution in [-0.2, 0) is 27.9 Å². The second kappa shape index (κ2) is 7.46. The van der Waals surface area contributed by atoms with E-state index in [1.807, 2.05) is 0 Å². The molecule has 1 aliphatic rings. The number of halogens is 4. The maximum Gasteiger partial charge on any atom is 0.534 e. The summed E-state index contributed by atoms with van der Waals surface area (Å²) < 4.78 is 70.6. The van der Waals surface area contributed by atoms with E-state index < -0.39 is 27.6 Å². The zero-order valence-corrected chi connectivity index (χ0v) is 16.0. The second-order valence-electron chi connectivity index (χ2n) is 5.45. The number of nitrogens with zero attached hydrogens (tertiary/aromatic N) is 2. The van der Waals surface area contributed by atoms with Gasteiger partial charge in [0.15, 0.2) is 5.16 Å². The minimum absolute atomic E-state index is 0.0592. The van der Waals surface area contributed by atoms with E-state index in [1.165, 1.54) is 0 Å². The molecular formula is C15H12ClF3N2O4S2. The molecule has 1 aromatic heterocycles. The highest BCUT2D eigenvalue weighted by molar-refractivity contribution is 7.98. The van der Waals surface area contributed by atoms with Gasteiger partial charge in [0.05, 0.1) is 24.0 Å². The van der Waals surface area contributed by atoms with E-state index in [0.717, 1.165) is 11.8 Å². The zero-order chi connectivity index (χ0) is 19.8. The largest absolute Gasteiger partial charge is 0.534 e. The summed E-state index contributed by atoms with van der Waals surface area (Å²) in [5, 5.41) is 0.558. The van der Waals surface area contributed by atoms with Crippen LogP contribution in [0, 0.1) is 0 Å². The molecule has 0 radical (unpaired) electrons. The highest BCUT2D eigenvalue weighted by Gasteiger charge is 2.49. The van der Waals surface area contributed by atoms with Crippen LogP contribution in [0.4, 0.5) is 13.2 Å². The Labute approximate surface area is 162 Å². The number of alkyl halides is 3. The minimum Gasteiger partial charge on any atom is -0.368 e. The summed E-state index contributed by atoms with van der Waals surface area (Å²) in [7, 11) is -5.86. The van der Waals surface area contributed by atoms with Gasteiger partial charge in [0, 0.05) is 11.4 Å². The van der Waals surface area contributed by atoms with E-state index >= 15 is 0 Å². The SMILES string of the molecule is CSc1nc2c(c(OS(=O)(=O)C(F)(F)F)n1)COC(c1ccccc1Cl)C2. The molecule has 3 rings (SSSR count). The van der Waals surface area contributed by atoms with Crippen LogP contribution in [0.5, 0.6) is 5.88 Å². The summed E-state index contributed by atoms with van der Waals surface area (Å²) in [6, 6.07) is 6.98. The van der Waals surface area contributed by atoms with Crippen LogP contribution >= 0.6 is 23.4 Å². The van der Waals surface area contributed by atoms with Gasteiger partial charge in [-0.25, -0.2) is 4.98 Å². The van der Waals surface area contributed by atoms with E-state index in [9.17, 15) is 21.6 Å². The Balaban J connectivity index is 1.99. The monoisotopic (exact) mass is 440 g/mol. The average molecular weight is 441 g/mol. The number of aromatic nitrogens is 2. The lowest BCUT2D eigenvalue weighted by Crippen LogP contribution is -2.29. The number of rotatable bonds is 4. The fourth-order valence-corrected chi connectivity index (χ4v) is 3.54. The molecule has 146 valence electrons. The smallest absolute Gasteiger partial charge is 0.368 e. The van der Waals surface area contributed by atoms with Crippen molar-refractivity contribution in [2.45, 2.75) is 29.8 Å². The molecule has 12 heteroatoms. The average Bonchev–Trinajstić information content (AvgIpc) is 2.60. The highest BCUT2D eigenvalue weighted by atomic mass is 35.5. The van der Waals surface area contributed by atoms with Gasteiger partial charge >= 0.3 is 15.6 Å². The van der Waals surface area contributed by atoms with Crippen molar-refractivity contribution in [3.8, 4) is 5.88 Å². The van der Waals surface area contributed by atoms with E-state index in [-0.39, 0.29) is 23.7 Å². The molecular weight excluding hydrogens is 429 g/mol. The van der Waals surface area contributed by atoms with Gasteiger partial charge < -0.3 is 8.92 Å². The van der Waals surface area contributed by atoms with Crippen molar-refractivity contribution < 1.29 is 30.5 Å². The first-order valence-electron chi connectivity index (χ1n) is 7.43. The summed E-state index contributed by atoms with van der Waals surface area (Å²) in [5.74, 6) is -0.681. The lowest BCUT2D eigenvalue weighted by atomic mass is 9.99. The van der Waals surface area contributed by atoms with Gasteiger partial charge in [0.2, 0.25) is 5.88 Å². The Bertz CT molecular complexity index is 970. The number of hydrogen-bond acceptors (Lipinski definition) is 7. The van der Waals surface area contributed by atoms with Crippen molar-refractivity contribution in [2.75, 3.05) is 6.26 Å². The standard InChI is InChI=1S/C15H12ClF3N2O4S2/c1-26-14-20-11-6-12(8-4-2-3-5-10(8)16)24-7-9(11)13(21-14)25-27(22,23)15(17,18)19/h2-5,12H,6-7H2,1H3. The van der Waals surface area contributed by atoms with Crippen molar-refractivity contribution in [1.29, 1.82) is 0 Å². The van der Waals surface area contributed by atoms with Gasteiger partial charge in [0.1, 0.15) is 0 Å². The van der Waals surface area contributed by atoms with Crippen LogP contribution < -0.4 is 4.18 Å². The number of fused-ring (bicyclic) bond motifs is 1. The van der Waals surface area contributed by atoms with Crippen LogP contribution in [0.3, 0.4) is 0 Å². The first-order chi connectivity index (χ1) is 12.6. The highest BCUT2D eigenvalue weighted by Crippen LogP contribution is 2.38. The topological polar surface area (TPSA) is 78.4 Å². The Morgan fingerprint density at radius 3 is 2.63 bits per heavy atom. The Morgan fingerprint density at radius 2 is 2.00 bits per heavy atom. The molecule has 0 aliphatic carbocycles. The van der Waals surface area contributed by atoms with Crippen molar-refractivity contribution in [2.24, 2.45) is 0 Å². The molecule has 0 spiro atoms. The molecule has 0 fully saturated rings. The van der Waals surface area contributed by atoms with Crippen molar-refractivity contribution in [1.82, 2.24) is 9.97 Å². The summed E-state index contributed by atoms with van der Waals surface area (Å²) in [6.45, 7) is -0.220. The number of hydrogen-bond donors (Lipinski definition) is 0. The predicted molar refractivity (Wildman–Crippen MR) is 92.1 cm³/mol. The van der Waals surface area contributed by atoms with E-state index in [4.69, 9.17) is 16.3 Å². The predicted octanol–water partition coefficient (Wildman–Crippen LogP) is 3.89. The fourth-order valence-electron chi connectivity index (χ4n) is 2.47. The van der Waals surface area contributed by atoms with Crippen LogP contribution in [0.2, 0.25) is 5.02 Å². The molecule has 2 aromatic rings. The molecule has 1 aromatic carbocycles. The van der Waals surface area contributed by atoms with Crippen LogP contribution in [0.25, 0.3) is 0 Å². The van der Waals surface area contributed by atoms with Crippen LogP contribution in [-0.4, -0.2) is 30.1 Å². The molecule has 0 bridgehead atoms. The van der Waals surface area contributed by atoms with Crippen molar-refractivity contribution >= 4 is 33.5 Å². The molecule has 6 nitrogen and oxygen atoms in total. The molecule has 27 heavy (non-hydrogen) atoms. The Kier molecular flexibility index (Phi) is 5.57. The third-order valence-electron chi connectivity index (χ3n) is 3.75. The normalized spacial score (nSPS) is 17.4. The number of benzene rings is 1. The minimum atomic E-state index is -5.86. The molecule has 1 aliphatic heterocycles. The molecule has 0 amide bonds. The maximum atomic E-state index is 12.7. The molecule has 1 atom stereocenters. The number of thioether (sulfide) groups is 1. The molecule has 1 unspecified atom stereocenters. The van der Waals surface area contributed by atoms with Gasteiger partial charge in [0.25, 0.3) is 0 Å². The van der Waals surface area contributed by atoms with Crippen molar-refractivity contribution in [3.63, 3.8) is 0 Å². The third-order valence-corrected chi connectivity index (χ3v) is 5.58. The van der Waals surface area contributed by atoms with E-state index in [0.29, 0.717) is 16.3 Å². The third kappa shape index (κ3) is 4.15. The van der Waals surface area contributed by atoms with Gasteiger partial charge in [-0.3, -0.25) is 0 Å². The quantitative estimate of drug-likeness (QED) is 0.309. The maximum absolute atomic E-state index is 12.7. The summed E-state index contributed by atoms with van der Waals surface area (Å²) >= 11 is 7.21. The molecule has 0 saturated carbocycles. The molecule has 0 N–H and O–H groups in total. The molecule has 0 saturated heterocycles. The fraction of sp³-hybridized carbons (Fsp3) is 0.333. The van der Waals surface area contributed by atoms with E-state index in [1.54, 1.807) is 30.5 Å². The Morgan fingerprint density at radius 1 is 1.30 bits per heavy atom. The summed E-state index contributed by atoms with van der Waals surface area (Å²) in [4.78, 5) is 8.03. The van der Waals surface area contributed by atoms with Crippen LogP contribution in [0.1, 0.15) is 22.9 Å². The second-order valence-corrected chi connectivity index (χ2v) is 8.17. The van der Waals surface area contributed by atoms with Gasteiger partial charge in [-0.05, 0) is 17.9 Å².